The Morgan fingerprint density at radius 2 is 2.17 bits per heavy atom. The van der Waals surface area contributed by atoms with E-state index >= 15 is 0 Å². The van der Waals surface area contributed by atoms with Crippen molar-refractivity contribution in [1.82, 2.24) is 10.2 Å². The third-order valence-corrected chi connectivity index (χ3v) is 3.86. The Bertz CT molecular complexity index is 411. The molecule has 0 saturated carbocycles. The number of hydrogen-bond donors (Lipinski definition) is 1. The maximum Gasteiger partial charge on any atom is 0.0386 e. The first-order valence-corrected chi connectivity index (χ1v) is 7.31. The molecule has 0 bridgehead atoms. The van der Waals surface area contributed by atoms with Crippen molar-refractivity contribution in [2.45, 2.75) is 19.4 Å². The summed E-state index contributed by atoms with van der Waals surface area (Å²) in [5.41, 5.74) is 2.63. The lowest BCUT2D eigenvalue weighted by molar-refractivity contribution is 0.172. The molecule has 1 aliphatic heterocycles. The maximum absolute atomic E-state index is 4.08. The van der Waals surface area contributed by atoms with Crippen LogP contribution in [0.2, 0.25) is 0 Å². The summed E-state index contributed by atoms with van der Waals surface area (Å²) in [6.07, 6.45) is 1.04. The van der Waals surface area contributed by atoms with Gasteiger partial charge in [0.2, 0.25) is 0 Å². The van der Waals surface area contributed by atoms with Gasteiger partial charge < -0.3 is 5.32 Å². The molecule has 2 rings (SSSR count). The molecule has 1 atom stereocenters. The second kappa shape index (κ2) is 6.50. The van der Waals surface area contributed by atoms with E-state index < -0.39 is 0 Å². The van der Waals surface area contributed by atoms with Crippen molar-refractivity contribution < 1.29 is 0 Å². The van der Waals surface area contributed by atoms with E-state index in [9.17, 15) is 0 Å². The fourth-order valence-electron chi connectivity index (χ4n) is 2.50. The second-order valence-electron chi connectivity index (χ2n) is 5.02. The normalized spacial score (nSPS) is 18.6. The monoisotopic (exact) mass is 308 g/mol. The van der Waals surface area contributed by atoms with Gasteiger partial charge in [-0.2, -0.15) is 0 Å². The molecular weight excluding hydrogens is 288 g/mol. The Morgan fingerprint density at radius 1 is 1.44 bits per heavy atom. The van der Waals surface area contributed by atoms with E-state index in [1.807, 2.05) is 0 Å². The van der Waals surface area contributed by atoms with E-state index in [0.29, 0.717) is 6.04 Å². The number of piperazine rings is 1. The molecule has 2 nitrogen and oxygen atoms in total. The molecule has 1 aromatic carbocycles. The molecule has 0 aromatic heterocycles. The van der Waals surface area contributed by atoms with Crippen molar-refractivity contribution in [3.05, 3.63) is 46.5 Å². The summed E-state index contributed by atoms with van der Waals surface area (Å²) in [4.78, 5) is 2.56. The Morgan fingerprint density at radius 3 is 2.78 bits per heavy atom. The lowest BCUT2D eigenvalue weighted by Crippen LogP contribution is -2.45. The largest absolute Gasteiger partial charge is 0.314 e. The molecule has 0 unspecified atom stereocenters. The van der Waals surface area contributed by atoms with Crippen LogP contribution in [0.1, 0.15) is 24.9 Å². The molecular formula is C15H21BrN2. The topological polar surface area (TPSA) is 15.3 Å². The minimum Gasteiger partial charge on any atom is -0.314 e. The third-order valence-electron chi connectivity index (χ3n) is 3.37. The highest BCUT2D eigenvalue weighted by Gasteiger charge is 2.22. The second-order valence-corrected chi connectivity index (χ2v) is 5.93. The summed E-state index contributed by atoms with van der Waals surface area (Å²) in [6.45, 7) is 10.6. The molecule has 3 heteroatoms. The molecule has 0 amide bonds. The molecule has 1 N–H and O–H groups in total. The van der Waals surface area contributed by atoms with E-state index in [0.717, 1.165) is 37.1 Å². The number of nitrogens with one attached hydrogen (secondary N) is 1. The van der Waals surface area contributed by atoms with Crippen LogP contribution in [0.15, 0.2) is 40.9 Å². The minimum atomic E-state index is 0.460. The van der Waals surface area contributed by atoms with Crippen LogP contribution in [0.3, 0.4) is 0 Å². The van der Waals surface area contributed by atoms with Crippen LogP contribution in [-0.4, -0.2) is 31.1 Å². The predicted octanol–water partition coefficient (Wildman–Crippen LogP) is 3.36. The fraction of sp³-hybridized carbons (Fsp3) is 0.467. The van der Waals surface area contributed by atoms with Crippen LogP contribution < -0.4 is 5.32 Å². The Labute approximate surface area is 118 Å². The van der Waals surface area contributed by atoms with Crippen LogP contribution >= 0.6 is 15.9 Å². The Hall–Kier alpha value is -0.640. The number of nitrogens with zero attached hydrogens (tertiary/aromatic N) is 1. The highest BCUT2D eigenvalue weighted by atomic mass is 79.9. The maximum atomic E-state index is 4.08. The summed E-state index contributed by atoms with van der Waals surface area (Å²) in [7, 11) is 0. The van der Waals surface area contributed by atoms with Crippen molar-refractivity contribution in [3.8, 4) is 0 Å². The average Bonchev–Trinajstić information content (AvgIpc) is 2.37. The lowest BCUT2D eigenvalue weighted by Gasteiger charge is -2.35. The van der Waals surface area contributed by atoms with Crippen LogP contribution in [-0.2, 0) is 0 Å². The van der Waals surface area contributed by atoms with E-state index in [2.05, 4.69) is 63.9 Å². The zero-order valence-corrected chi connectivity index (χ0v) is 12.5. The minimum absolute atomic E-state index is 0.460. The highest BCUT2D eigenvalue weighted by molar-refractivity contribution is 9.10. The summed E-state index contributed by atoms with van der Waals surface area (Å²) >= 11 is 3.57. The molecule has 0 radical (unpaired) electrons. The van der Waals surface area contributed by atoms with E-state index in [1.165, 1.54) is 11.1 Å². The summed E-state index contributed by atoms with van der Waals surface area (Å²) in [5.74, 6) is 0. The van der Waals surface area contributed by atoms with Gasteiger partial charge in [-0.25, -0.2) is 0 Å². The quantitative estimate of drug-likeness (QED) is 0.858. The number of rotatable bonds is 4. The first-order valence-electron chi connectivity index (χ1n) is 6.51. The van der Waals surface area contributed by atoms with Gasteiger partial charge in [0.25, 0.3) is 0 Å². The highest BCUT2D eigenvalue weighted by Crippen LogP contribution is 2.29. The Balaban J connectivity index is 2.20. The van der Waals surface area contributed by atoms with Crippen LogP contribution in [0, 0.1) is 0 Å². The summed E-state index contributed by atoms with van der Waals surface area (Å²) in [5, 5.41) is 3.41. The van der Waals surface area contributed by atoms with Crippen LogP contribution in [0.25, 0.3) is 0 Å². The van der Waals surface area contributed by atoms with Gasteiger partial charge in [0.15, 0.2) is 0 Å². The van der Waals surface area contributed by atoms with Crippen molar-refractivity contribution in [2.75, 3.05) is 26.2 Å². The summed E-state index contributed by atoms with van der Waals surface area (Å²) < 4.78 is 1.15. The number of halogens is 1. The zero-order chi connectivity index (χ0) is 13.0. The number of hydrogen-bond acceptors (Lipinski definition) is 2. The van der Waals surface area contributed by atoms with Crippen LogP contribution in [0.4, 0.5) is 0 Å². The molecule has 1 heterocycles. The molecule has 1 aliphatic rings. The fourth-order valence-corrected chi connectivity index (χ4v) is 2.91. The van der Waals surface area contributed by atoms with Gasteiger partial charge in [-0.3, -0.25) is 4.90 Å². The van der Waals surface area contributed by atoms with Gasteiger partial charge in [0.1, 0.15) is 0 Å². The van der Waals surface area contributed by atoms with Crippen molar-refractivity contribution in [2.24, 2.45) is 0 Å². The molecule has 0 aliphatic carbocycles. The first kappa shape index (κ1) is 13.8. The van der Waals surface area contributed by atoms with Crippen molar-refractivity contribution in [3.63, 3.8) is 0 Å². The molecule has 1 fully saturated rings. The average molecular weight is 309 g/mol. The van der Waals surface area contributed by atoms with Gasteiger partial charge in [0, 0.05) is 36.7 Å². The predicted molar refractivity (Wildman–Crippen MR) is 80.8 cm³/mol. The molecule has 98 valence electrons. The molecule has 1 aromatic rings. The van der Waals surface area contributed by atoms with Gasteiger partial charge in [-0.05, 0) is 31.0 Å². The molecule has 0 spiro atoms. The van der Waals surface area contributed by atoms with Gasteiger partial charge >= 0.3 is 0 Å². The van der Waals surface area contributed by atoms with Crippen LogP contribution in [0.5, 0.6) is 0 Å². The summed E-state index contributed by atoms with van der Waals surface area (Å²) in [6, 6.07) is 9.12. The first-order chi connectivity index (χ1) is 8.66. The van der Waals surface area contributed by atoms with E-state index in [-0.39, 0.29) is 0 Å². The van der Waals surface area contributed by atoms with Crippen molar-refractivity contribution >= 4 is 15.9 Å². The lowest BCUT2D eigenvalue weighted by atomic mass is 9.98. The molecule has 1 saturated heterocycles. The third kappa shape index (κ3) is 3.67. The number of benzene rings is 1. The van der Waals surface area contributed by atoms with E-state index in [1.54, 1.807) is 0 Å². The zero-order valence-electron chi connectivity index (χ0n) is 11.0. The van der Waals surface area contributed by atoms with Crippen molar-refractivity contribution in [1.29, 1.82) is 0 Å². The Kier molecular flexibility index (Phi) is 4.98. The van der Waals surface area contributed by atoms with Gasteiger partial charge in [-0.15, -0.1) is 6.58 Å². The molecule has 18 heavy (non-hydrogen) atoms. The SMILES string of the molecule is C=C(C)C[C@H](c1cccc(Br)c1)N1CCNCC1. The van der Waals surface area contributed by atoms with Gasteiger partial charge in [-0.1, -0.05) is 33.6 Å². The standard InChI is InChI=1S/C15H21BrN2/c1-12(2)10-15(18-8-6-17-7-9-18)13-4-3-5-14(16)11-13/h3-5,11,15,17H,1,6-10H2,2H3/t15-/m1/s1. The van der Waals surface area contributed by atoms with Gasteiger partial charge in [0.05, 0.1) is 0 Å². The van der Waals surface area contributed by atoms with E-state index in [4.69, 9.17) is 0 Å². The smallest absolute Gasteiger partial charge is 0.0386 e.